The van der Waals surface area contributed by atoms with E-state index in [9.17, 15) is 13.2 Å². The highest BCUT2D eigenvalue weighted by atomic mass is 19.4. The first-order valence-electron chi connectivity index (χ1n) is 5.64. The molecule has 0 amide bonds. The van der Waals surface area contributed by atoms with E-state index in [0.717, 1.165) is 25.7 Å². The number of hydrogen-bond donors (Lipinski definition) is 1. The Balaban J connectivity index is 2.22. The molecule has 1 saturated carbocycles. The zero-order chi connectivity index (χ0) is 12.5. The molecule has 2 rings (SSSR count). The van der Waals surface area contributed by atoms with Crippen molar-refractivity contribution in [2.45, 2.75) is 44.2 Å². The third-order valence-electron chi connectivity index (χ3n) is 2.94. The van der Waals surface area contributed by atoms with Gasteiger partial charge < -0.3 is 5.73 Å². The van der Waals surface area contributed by atoms with E-state index in [4.69, 9.17) is 5.73 Å². The van der Waals surface area contributed by atoms with Gasteiger partial charge in [0.25, 0.3) is 0 Å². The lowest BCUT2D eigenvalue weighted by atomic mass is 10.0. The number of alkyl halides is 3. The molecular formula is C11H14F3N3. The fourth-order valence-electron chi connectivity index (χ4n) is 2.23. The second kappa shape index (κ2) is 4.50. The number of halogens is 3. The first-order chi connectivity index (χ1) is 7.94. The Morgan fingerprint density at radius 3 is 2.47 bits per heavy atom. The zero-order valence-electron chi connectivity index (χ0n) is 9.30. The molecule has 0 radical (unpaired) electrons. The van der Waals surface area contributed by atoms with Crippen LogP contribution in [-0.4, -0.2) is 16.1 Å². The van der Waals surface area contributed by atoms with Gasteiger partial charge >= 0.3 is 6.18 Å². The van der Waals surface area contributed by atoms with Crippen molar-refractivity contribution in [3.8, 4) is 0 Å². The highest BCUT2D eigenvalue weighted by Crippen LogP contribution is 2.33. The number of hydrogen-bond acceptors (Lipinski definition) is 3. The molecule has 1 aliphatic carbocycles. The topological polar surface area (TPSA) is 51.8 Å². The highest BCUT2D eigenvalue weighted by molar-refractivity contribution is 5.31. The minimum Gasteiger partial charge on any atom is -0.384 e. The van der Waals surface area contributed by atoms with Crippen molar-refractivity contribution in [2.24, 2.45) is 0 Å². The summed E-state index contributed by atoms with van der Waals surface area (Å²) >= 11 is 0. The van der Waals surface area contributed by atoms with Gasteiger partial charge in [0.2, 0.25) is 0 Å². The van der Waals surface area contributed by atoms with Gasteiger partial charge in [0.15, 0.2) is 0 Å². The molecule has 0 aliphatic heterocycles. The summed E-state index contributed by atoms with van der Waals surface area (Å²) in [6.45, 7) is 0. The molecule has 1 aromatic heterocycles. The standard InChI is InChI=1S/C11H14F3N3/c12-11(13,14)6-10-16-8(5-9(15)17-10)7-3-1-2-4-7/h5,7H,1-4,6H2,(H2,15,16,17). The van der Waals surface area contributed by atoms with Crippen molar-refractivity contribution in [1.29, 1.82) is 0 Å². The van der Waals surface area contributed by atoms with Crippen LogP contribution in [0, 0.1) is 0 Å². The lowest BCUT2D eigenvalue weighted by Gasteiger charge is -2.11. The Morgan fingerprint density at radius 1 is 1.24 bits per heavy atom. The molecule has 0 atom stereocenters. The maximum Gasteiger partial charge on any atom is 0.396 e. The monoisotopic (exact) mass is 245 g/mol. The van der Waals surface area contributed by atoms with Crippen LogP contribution in [0.2, 0.25) is 0 Å². The minimum absolute atomic E-state index is 0.126. The number of aromatic nitrogens is 2. The van der Waals surface area contributed by atoms with Gasteiger partial charge in [0, 0.05) is 17.7 Å². The van der Waals surface area contributed by atoms with Crippen LogP contribution >= 0.6 is 0 Å². The van der Waals surface area contributed by atoms with Gasteiger partial charge in [0.05, 0.1) is 0 Å². The summed E-state index contributed by atoms with van der Waals surface area (Å²) in [5.74, 6) is 0.146. The molecule has 1 heterocycles. The van der Waals surface area contributed by atoms with Crippen molar-refractivity contribution in [1.82, 2.24) is 9.97 Å². The maximum atomic E-state index is 12.3. The smallest absolute Gasteiger partial charge is 0.384 e. The van der Waals surface area contributed by atoms with Crippen LogP contribution in [0.5, 0.6) is 0 Å². The third-order valence-corrected chi connectivity index (χ3v) is 2.94. The molecule has 3 nitrogen and oxygen atoms in total. The molecular weight excluding hydrogens is 231 g/mol. The molecule has 6 heteroatoms. The van der Waals surface area contributed by atoms with Crippen molar-refractivity contribution >= 4 is 5.82 Å². The lowest BCUT2D eigenvalue weighted by Crippen LogP contribution is -2.16. The number of anilines is 1. The van der Waals surface area contributed by atoms with Crippen LogP contribution in [-0.2, 0) is 6.42 Å². The number of rotatable bonds is 2. The van der Waals surface area contributed by atoms with Gasteiger partial charge in [-0.25, -0.2) is 9.97 Å². The SMILES string of the molecule is Nc1cc(C2CCCC2)nc(CC(F)(F)F)n1. The molecule has 0 unspecified atom stereocenters. The molecule has 1 fully saturated rings. The average Bonchev–Trinajstić information content (AvgIpc) is 2.65. The third kappa shape index (κ3) is 3.31. The van der Waals surface area contributed by atoms with E-state index in [2.05, 4.69) is 9.97 Å². The van der Waals surface area contributed by atoms with Crippen LogP contribution in [0.1, 0.15) is 43.1 Å². The number of nitrogens with zero attached hydrogens (tertiary/aromatic N) is 2. The predicted molar refractivity (Wildman–Crippen MR) is 57.4 cm³/mol. The Bertz CT molecular complexity index is 397. The molecule has 0 bridgehead atoms. The summed E-state index contributed by atoms with van der Waals surface area (Å²) in [4.78, 5) is 7.63. The fraction of sp³-hybridized carbons (Fsp3) is 0.636. The van der Waals surface area contributed by atoms with E-state index in [-0.39, 0.29) is 17.6 Å². The predicted octanol–water partition coefficient (Wildman–Crippen LogP) is 2.82. The first kappa shape index (κ1) is 12.1. The van der Waals surface area contributed by atoms with Gasteiger partial charge in [-0.05, 0) is 12.8 Å². The summed E-state index contributed by atoms with van der Waals surface area (Å²) in [5, 5.41) is 0. The molecule has 0 saturated heterocycles. The van der Waals surface area contributed by atoms with Crippen LogP contribution in [0.4, 0.5) is 19.0 Å². The van der Waals surface area contributed by atoms with E-state index in [1.807, 2.05) is 0 Å². The van der Waals surface area contributed by atoms with Crippen LogP contribution in [0.25, 0.3) is 0 Å². The molecule has 1 aromatic rings. The first-order valence-corrected chi connectivity index (χ1v) is 5.64. The molecule has 1 aliphatic rings. The van der Waals surface area contributed by atoms with Gasteiger partial charge in [-0.3, -0.25) is 0 Å². The van der Waals surface area contributed by atoms with Crippen molar-refractivity contribution in [3.63, 3.8) is 0 Å². The summed E-state index contributed by atoms with van der Waals surface area (Å²) in [6, 6.07) is 1.59. The molecule has 0 aromatic carbocycles. The second-order valence-corrected chi connectivity index (χ2v) is 4.41. The Kier molecular flexibility index (Phi) is 3.22. The van der Waals surface area contributed by atoms with Crippen LogP contribution < -0.4 is 5.73 Å². The summed E-state index contributed by atoms with van der Waals surface area (Å²) in [5.41, 5.74) is 6.19. The Morgan fingerprint density at radius 2 is 1.88 bits per heavy atom. The molecule has 0 spiro atoms. The highest BCUT2D eigenvalue weighted by Gasteiger charge is 2.30. The van der Waals surface area contributed by atoms with Gasteiger partial charge in [-0.1, -0.05) is 12.8 Å². The number of nitrogens with two attached hydrogens (primary N) is 1. The number of nitrogen functional groups attached to an aromatic ring is 1. The fourth-order valence-corrected chi connectivity index (χ4v) is 2.23. The van der Waals surface area contributed by atoms with E-state index < -0.39 is 12.6 Å². The van der Waals surface area contributed by atoms with Gasteiger partial charge in [0.1, 0.15) is 18.1 Å². The largest absolute Gasteiger partial charge is 0.396 e. The van der Waals surface area contributed by atoms with Crippen molar-refractivity contribution in [2.75, 3.05) is 5.73 Å². The van der Waals surface area contributed by atoms with Crippen molar-refractivity contribution < 1.29 is 13.2 Å². The van der Waals surface area contributed by atoms with Crippen LogP contribution in [0.15, 0.2) is 6.07 Å². The zero-order valence-corrected chi connectivity index (χ0v) is 9.30. The second-order valence-electron chi connectivity index (χ2n) is 4.41. The normalized spacial score (nSPS) is 17.6. The minimum atomic E-state index is -4.29. The van der Waals surface area contributed by atoms with E-state index in [1.54, 1.807) is 6.07 Å². The van der Waals surface area contributed by atoms with E-state index >= 15 is 0 Å². The van der Waals surface area contributed by atoms with Crippen LogP contribution in [0.3, 0.4) is 0 Å². The lowest BCUT2D eigenvalue weighted by molar-refractivity contribution is -0.128. The summed E-state index contributed by atoms with van der Waals surface area (Å²) in [7, 11) is 0. The quantitative estimate of drug-likeness (QED) is 0.871. The molecule has 17 heavy (non-hydrogen) atoms. The average molecular weight is 245 g/mol. The Hall–Kier alpha value is -1.33. The van der Waals surface area contributed by atoms with Gasteiger partial charge in [-0.2, -0.15) is 13.2 Å². The molecule has 94 valence electrons. The van der Waals surface area contributed by atoms with E-state index in [0.29, 0.717) is 5.69 Å². The van der Waals surface area contributed by atoms with Gasteiger partial charge in [-0.15, -0.1) is 0 Å². The summed E-state index contributed by atoms with van der Waals surface area (Å²) < 4.78 is 36.8. The van der Waals surface area contributed by atoms with Crippen molar-refractivity contribution in [3.05, 3.63) is 17.6 Å². The Labute approximate surface area is 97.3 Å². The van der Waals surface area contributed by atoms with E-state index in [1.165, 1.54) is 0 Å². The molecule has 2 N–H and O–H groups in total. The summed E-state index contributed by atoms with van der Waals surface area (Å²) in [6.07, 6.45) is -1.26. The maximum absolute atomic E-state index is 12.3.